The van der Waals surface area contributed by atoms with Crippen LogP contribution in [0.15, 0.2) is 36.4 Å². The van der Waals surface area contributed by atoms with Gasteiger partial charge in [-0.2, -0.15) is 0 Å². The molecule has 0 aromatic heterocycles. The van der Waals surface area contributed by atoms with Crippen LogP contribution in [0.1, 0.15) is 5.56 Å². The maximum absolute atomic E-state index is 13.1. The number of nitro benzene ring substituents is 1. The molecule has 2 aromatic rings. The van der Waals surface area contributed by atoms with E-state index in [0.29, 0.717) is 5.56 Å². The van der Waals surface area contributed by atoms with Crippen molar-refractivity contribution in [3.63, 3.8) is 0 Å². The molecular formula is C13H8Cl2FNO3. The van der Waals surface area contributed by atoms with E-state index in [1.807, 2.05) is 0 Å². The number of nitrogens with zero attached hydrogens (tertiary/aromatic N) is 1. The second-order valence-corrected chi connectivity index (χ2v) is 4.51. The fraction of sp³-hybridized carbons (Fsp3) is 0.0769. The molecule has 0 bridgehead atoms. The van der Waals surface area contributed by atoms with Crippen molar-refractivity contribution in [2.75, 3.05) is 0 Å². The van der Waals surface area contributed by atoms with Crippen molar-refractivity contribution in [3.8, 4) is 11.5 Å². The lowest BCUT2D eigenvalue weighted by Crippen LogP contribution is -1.96. The van der Waals surface area contributed by atoms with E-state index >= 15 is 0 Å². The Morgan fingerprint density at radius 3 is 2.70 bits per heavy atom. The zero-order chi connectivity index (χ0) is 14.7. The highest BCUT2D eigenvalue weighted by Gasteiger charge is 2.19. The summed E-state index contributed by atoms with van der Waals surface area (Å²) in [6, 6.07) is 7.97. The van der Waals surface area contributed by atoms with Gasteiger partial charge in [-0.15, -0.1) is 11.6 Å². The van der Waals surface area contributed by atoms with Gasteiger partial charge in [0.15, 0.2) is 5.75 Å². The number of hydrogen-bond donors (Lipinski definition) is 0. The monoisotopic (exact) mass is 315 g/mol. The van der Waals surface area contributed by atoms with Crippen LogP contribution in [0, 0.1) is 15.9 Å². The molecule has 20 heavy (non-hydrogen) atoms. The molecular weight excluding hydrogens is 308 g/mol. The van der Waals surface area contributed by atoms with E-state index in [-0.39, 0.29) is 22.4 Å². The van der Waals surface area contributed by atoms with Gasteiger partial charge in [-0.25, -0.2) is 4.39 Å². The fourth-order valence-electron chi connectivity index (χ4n) is 1.60. The SMILES string of the molecule is O=[N+]([O-])c1cc(F)ccc1Oc1c(Cl)cccc1CCl. The number of benzene rings is 2. The second kappa shape index (κ2) is 6.07. The molecule has 2 rings (SSSR count). The number of nitro groups is 1. The number of rotatable bonds is 4. The first-order valence-corrected chi connectivity index (χ1v) is 6.39. The predicted molar refractivity (Wildman–Crippen MR) is 74.1 cm³/mol. The molecule has 0 saturated heterocycles. The molecule has 0 N–H and O–H groups in total. The van der Waals surface area contributed by atoms with Crippen molar-refractivity contribution in [1.82, 2.24) is 0 Å². The van der Waals surface area contributed by atoms with Crippen LogP contribution in [0.25, 0.3) is 0 Å². The molecule has 0 amide bonds. The summed E-state index contributed by atoms with van der Waals surface area (Å²) < 4.78 is 18.5. The third-order valence-electron chi connectivity index (χ3n) is 2.52. The molecule has 0 spiro atoms. The molecule has 0 radical (unpaired) electrons. The van der Waals surface area contributed by atoms with Gasteiger partial charge in [0.25, 0.3) is 0 Å². The summed E-state index contributed by atoms with van der Waals surface area (Å²) in [6.07, 6.45) is 0. The summed E-state index contributed by atoms with van der Waals surface area (Å²) in [4.78, 5) is 10.2. The number of ether oxygens (including phenoxy) is 1. The minimum atomic E-state index is -0.727. The zero-order valence-corrected chi connectivity index (χ0v) is 11.5. The maximum Gasteiger partial charge on any atom is 0.314 e. The van der Waals surface area contributed by atoms with E-state index in [0.717, 1.165) is 12.1 Å². The first kappa shape index (κ1) is 14.6. The third kappa shape index (κ3) is 3.00. The van der Waals surface area contributed by atoms with Crippen molar-refractivity contribution in [2.45, 2.75) is 5.88 Å². The Balaban J connectivity index is 2.48. The standard InChI is InChI=1S/C13H8Cl2FNO3/c14-7-8-2-1-3-10(15)13(8)20-12-5-4-9(16)6-11(12)17(18)19/h1-6H,7H2. The summed E-state index contributed by atoms with van der Waals surface area (Å²) in [7, 11) is 0. The van der Waals surface area contributed by atoms with Crippen LogP contribution in [0.3, 0.4) is 0 Å². The van der Waals surface area contributed by atoms with Gasteiger partial charge in [0.05, 0.1) is 21.9 Å². The van der Waals surface area contributed by atoms with Crippen molar-refractivity contribution < 1.29 is 14.1 Å². The Morgan fingerprint density at radius 2 is 2.05 bits per heavy atom. The van der Waals surface area contributed by atoms with E-state index in [1.165, 1.54) is 6.07 Å². The summed E-state index contributed by atoms with van der Waals surface area (Å²) >= 11 is 11.8. The molecule has 0 fully saturated rings. The lowest BCUT2D eigenvalue weighted by Gasteiger charge is -2.11. The molecule has 7 heteroatoms. The largest absolute Gasteiger partial charge is 0.448 e. The van der Waals surface area contributed by atoms with E-state index < -0.39 is 16.4 Å². The Hall–Kier alpha value is -1.85. The van der Waals surface area contributed by atoms with E-state index in [2.05, 4.69) is 0 Å². The summed E-state index contributed by atoms with van der Waals surface area (Å²) in [5.41, 5.74) is 0.100. The van der Waals surface area contributed by atoms with Crippen molar-refractivity contribution in [3.05, 3.63) is 62.9 Å². The normalized spacial score (nSPS) is 10.3. The predicted octanol–water partition coefficient (Wildman–Crippen LogP) is 4.92. The lowest BCUT2D eigenvalue weighted by molar-refractivity contribution is -0.385. The molecule has 0 saturated carbocycles. The highest BCUT2D eigenvalue weighted by atomic mass is 35.5. The number of para-hydroxylation sites is 1. The zero-order valence-electron chi connectivity index (χ0n) is 9.98. The molecule has 0 heterocycles. The van der Waals surface area contributed by atoms with Gasteiger partial charge in [-0.05, 0) is 18.2 Å². The van der Waals surface area contributed by atoms with Gasteiger partial charge < -0.3 is 4.74 Å². The Bertz CT molecular complexity index is 664. The topological polar surface area (TPSA) is 52.4 Å². The molecule has 4 nitrogen and oxygen atoms in total. The first-order valence-electron chi connectivity index (χ1n) is 5.48. The second-order valence-electron chi connectivity index (χ2n) is 3.83. The minimum Gasteiger partial charge on any atom is -0.448 e. The van der Waals surface area contributed by atoms with Crippen molar-refractivity contribution in [2.24, 2.45) is 0 Å². The summed E-state index contributed by atoms with van der Waals surface area (Å²) in [6.45, 7) is 0. The van der Waals surface area contributed by atoms with Gasteiger partial charge in [0.2, 0.25) is 5.75 Å². The molecule has 2 aromatic carbocycles. The summed E-state index contributed by atoms with van der Waals surface area (Å²) in [5.74, 6) is -0.472. The Morgan fingerprint density at radius 1 is 1.30 bits per heavy atom. The van der Waals surface area contributed by atoms with E-state index in [1.54, 1.807) is 18.2 Å². The average Bonchev–Trinajstić information content (AvgIpc) is 2.42. The fourth-order valence-corrected chi connectivity index (χ4v) is 2.05. The highest BCUT2D eigenvalue weighted by Crippen LogP contribution is 2.37. The summed E-state index contributed by atoms with van der Waals surface area (Å²) in [5, 5.41) is 11.2. The Labute approximate surface area is 123 Å². The van der Waals surface area contributed by atoms with Crippen LogP contribution in [0.2, 0.25) is 5.02 Å². The van der Waals surface area contributed by atoms with Crippen LogP contribution in [0.4, 0.5) is 10.1 Å². The van der Waals surface area contributed by atoms with Crippen LogP contribution in [-0.4, -0.2) is 4.92 Å². The molecule has 104 valence electrons. The number of alkyl halides is 1. The van der Waals surface area contributed by atoms with Crippen molar-refractivity contribution >= 4 is 28.9 Å². The van der Waals surface area contributed by atoms with Gasteiger partial charge in [-0.1, -0.05) is 23.7 Å². The van der Waals surface area contributed by atoms with Crippen LogP contribution in [-0.2, 0) is 5.88 Å². The average molecular weight is 316 g/mol. The van der Waals surface area contributed by atoms with E-state index in [4.69, 9.17) is 27.9 Å². The molecule has 0 aliphatic carbocycles. The van der Waals surface area contributed by atoms with E-state index in [9.17, 15) is 14.5 Å². The van der Waals surface area contributed by atoms with Gasteiger partial charge >= 0.3 is 5.69 Å². The number of halogens is 3. The maximum atomic E-state index is 13.1. The smallest absolute Gasteiger partial charge is 0.314 e. The Kier molecular flexibility index (Phi) is 4.42. The highest BCUT2D eigenvalue weighted by molar-refractivity contribution is 6.32. The van der Waals surface area contributed by atoms with Gasteiger partial charge in [0, 0.05) is 5.56 Å². The van der Waals surface area contributed by atoms with Crippen molar-refractivity contribution in [1.29, 1.82) is 0 Å². The number of hydrogen-bond acceptors (Lipinski definition) is 3. The minimum absolute atomic E-state index is 0.101. The third-order valence-corrected chi connectivity index (χ3v) is 3.11. The molecule has 0 aliphatic rings. The van der Waals surface area contributed by atoms with Crippen LogP contribution >= 0.6 is 23.2 Å². The molecule has 0 unspecified atom stereocenters. The van der Waals surface area contributed by atoms with Gasteiger partial charge in [-0.3, -0.25) is 10.1 Å². The lowest BCUT2D eigenvalue weighted by atomic mass is 10.2. The van der Waals surface area contributed by atoms with Gasteiger partial charge in [0.1, 0.15) is 5.82 Å². The van der Waals surface area contributed by atoms with Crippen LogP contribution in [0.5, 0.6) is 11.5 Å². The molecule has 0 aliphatic heterocycles. The molecule has 0 atom stereocenters. The quantitative estimate of drug-likeness (QED) is 0.457. The van der Waals surface area contributed by atoms with Crippen LogP contribution < -0.4 is 4.74 Å². The first-order chi connectivity index (χ1) is 9.52.